The number of hydrogen-bond donors (Lipinski definition) is 0. The van der Waals surface area contributed by atoms with Gasteiger partial charge < -0.3 is 0 Å². The maximum atomic E-state index is 2.36. The van der Waals surface area contributed by atoms with Gasteiger partial charge in [-0.1, -0.05) is 20.8 Å². The van der Waals surface area contributed by atoms with Crippen LogP contribution in [0.1, 0.15) is 40.0 Å². The summed E-state index contributed by atoms with van der Waals surface area (Å²) in [6.07, 6.45) is 4.60. The monoisotopic (exact) mass is 124 g/mol. The van der Waals surface area contributed by atoms with Crippen LogP contribution in [0.25, 0.3) is 0 Å². The maximum Gasteiger partial charge on any atom is -0.0258 e. The van der Waals surface area contributed by atoms with E-state index in [1.807, 2.05) is 0 Å². The van der Waals surface area contributed by atoms with E-state index < -0.39 is 0 Å². The summed E-state index contributed by atoms with van der Waals surface area (Å²) >= 11 is 0. The molecule has 0 saturated heterocycles. The molecule has 9 heavy (non-hydrogen) atoms. The molecule has 0 nitrogen and oxygen atoms in total. The lowest BCUT2D eigenvalue weighted by Crippen LogP contribution is -2.08. The van der Waals surface area contributed by atoms with E-state index in [9.17, 15) is 0 Å². The van der Waals surface area contributed by atoms with Crippen molar-refractivity contribution in [2.45, 2.75) is 40.0 Å². The predicted octanol–water partition coefficient (Wildman–Crippen LogP) is 2.83. The number of fused-ring (bicyclic) bond motifs is 1. The van der Waals surface area contributed by atoms with E-state index in [1.54, 1.807) is 12.8 Å². The van der Waals surface area contributed by atoms with Crippen LogP contribution in [-0.2, 0) is 0 Å². The second-order valence-corrected chi connectivity index (χ2v) is 5.20. The molecule has 2 rings (SSSR count). The molecule has 2 aliphatic carbocycles. The number of hydrogen-bond acceptors (Lipinski definition) is 0. The van der Waals surface area contributed by atoms with Gasteiger partial charge in [-0.25, -0.2) is 0 Å². The molecule has 0 aromatic rings. The van der Waals surface area contributed by atoms with Crippen molar-refractivity contribution in [3.8, 4) is 0 Å². The van der Waals surface area contributed by atoms with Crippen molar-refractivity contribution in [3.05, 3.63) is 0 Å². The largest absolute Gasteiger partial charge is 0.0602 e. The fourth-order valence-electron chi connectivity index (χ4n) is 2.15. The first-order valence-corrected chi connectivity index (χ1v) is 4.02. The van der Waals surface area contributed by atoms with Crippen LogP contribution in [0.4, 0.5) is 0 Å². The first kappa shape index (κ1) is 5.76. The first-order valence-electron chi connectivity index (χ1n) is 4.02. The van der Waals surface area contributed by atoms with E-state index in [4.69, 9.17) is 0 Å². The highest BCUT2D eigenvalue weighted by atomic mass is 14.7. The van der Waals surface area contributed by atoms with Gasteiger partial charge in [-0.05, 0) is 36.0 Å². The third-order valence-corrected chi connectivity index (χ3v) is 2.73. The number of rotatable bonds is 1. The van der Waals surface area contributed by atoms with Crippen molar-refractivity contribution in [3.63, 3.8) is 0 Å². The molecule has 0 spiro atoms. The summed E-state index contributed by atoms with van der Waals surface area (Å²) in [6.45, 7) is 7.07. The molecular weight excluding hydrogens is 108 g/mol. The minimum absolute atomic E-state index is 0.589. The van der Waals surface area contributed by atoms with E-state index in [-0.39, 0.29) is 0 Å². The third-order valence-electron chi connectivity index (χ3n) is 2.73. The first-order chi connectivity index (χ1) is 4.02. The Hall–Kier alpha value is 0. The Morgan fingerprint density at radius 1 is 1.33 bits per heavy atom. The van der Waals surface area contributed by atoms with Crippen LogP contribution in [0.2, 0.25) is 0 Å². The summed E-state index contributed by atoms with van der Waals surface area (Å²) in [5.74, 6) is 1.18. The lowest BCUT2D eigenvalue weighted by atomic mass is 9.86. The summed E-state index contributed by atoms with van der Waals surface area (Å²) in [5, 5.41) is 0. The molecule has 2 fully saturated rings. The predicted molar refractivity (Wildman–Crippen MR) is 39.2 cm³/mol. The molecular formula is C9H16. The Labute approximate surface area is 57.6 Å². The highest BCUT2D eigenvalue weighted by Crippen LogP contribution is 2.78. The molecule has 0 bridgehead atoms. The fourth-order valence-corrected chi connectivity index (χ4v) is 2.15. The molecule has 0 radical (unpaired) electrons. The van der Waals surface area contributed by atoms with Gasteiger partial charge in [0.1, 0.15) is 0 Å². The Bertz CT molecular complexity index is 133. The van der Waals surface area contributed by atoms with Gasteiger partial charge in [0.05, 0.1) is 0 Å². The van der Waals surface area contributed by atoms with Crippen LogP contribution in [0.15, 0.2) is 0 Å². The average Bonchev–Trinajstić information content (AvgIpc) is 2.13. The molecule has 0 N–H and O–H groups in total. The van der Waals surface area contributed by atoms with Crippen LogP contribution < -0.4 is 0 Å². The molecule has 52 valence electrons. The lowest BCUT2D eigenvalue weighted by Gasteiger charge is -2.19. The van der Waals surface area contributed by atoms with Gasteiger partial charge >= 0.3 is 0 Å². The molecule has 0 aliphatic heterocycles. The van der Waals surface area contributed by atoms with Crippen molar-refractivity contribution < 1.29 is 0 Å². The molecule has 0 unspecified atom stereocenters. The Morgan fingerprint density at radius 3 is 1.89 bits per heavy atom. The van der Waals surface area contributed by atoms with E-state index in [0.717, 1.165) is 5.41 Å². The van der Waals surface area contributed by atoms with Crippen LogP contribution in [0.5, 0.6) is 0 Å². The van der Waals surface area contributed by atoms with E-state index in [0.29, 0.717) is 5.41 Å². The molecule has 0 atom stereocenters. The highest BCUT2D eigenvalue weighted by molar-refractivity contribution is 5.19. The van der Waals surface area contributed by atoms with Gasteiger partial charge in [0.2, 0.25) is 0 Å². The molecule has 2 saturated carbocycles. The zero-order chi connectivity index (χ0) is 6.70. The van der Waals surface area contributed by atoms with Gasteiger partial charge in [0.15, 0.2) is 0 Å². The minimum atomic E-state index is 0.589. The van der Waals surface area contributed by atoms with E-state index in [2.05, 4.69) is 20.8 Å². The smallest absolute Gasteiger partial charge is 0.0258 e. The Balaban J connectivity index is 1.90. The zero-order valence-corrected chi connectivity index (χ0v) is 6.70. The van der Waals surface area contributed by atoms with Crippen LogP contribution in [0.3, 0.4) is 0 Å². The topological polar surface area (TPSA) is 0 Å². The van der Waals surface area contributed by atoms with Gasteiger partial charge in [-0.2, -0.15) is 0 Å². The van der Waals surface area contributed by atoms with E-state index in [1.165, 1.54) is 12.3 Å². The van der Waals surface area contributed by atoms with Crippen molar-refractivity contribution in [1.82, 2.24) is 0 Å². The van der Waals surface area contributed by atoms with E-state index >= 15 is 0 Å². The Morgan fingerprint density at radius 2 is 1.78 bits per heavy atom. The molecule has 2 aliphatic rings. The molecule has 0 amide bonds. The molecule has 0 heteroatoms. The minimum Gasteiger partial charge on any atom is -0.0602 e. The normalized spacial score (nSPS) is 46.3. The SMILES string of the molecule is CC(C)(C)CC12CC1C2. The molecule has 0 aromatic heterocycles. The van der Waals surface area contributed by atoms with Gasteiger partial charge in [-0.3, -0.25) is 0 Å². The molecule has 0 aromatic carbocycles. The summed E-state index contributed by atoms with van der Waals surface area (Å²) in [5.41, 5.74) is 1.49. The lowest BCUT2D eigenvalue weighted by molar-refractivity contribution is 0.319. The molecule has 0 heterocycles. The van der Waals surface area contributed by atoms with Crippen LogP contribution >= 0.6 is 0 Å². The van der Waals surface area contributed by atoms with Crippen LogP contribution in [-0.4, -0.2) is 0 Å². The van der Waals surface area contributed by atoms with Crippen molar-refractivity contribution in [2.75, 3.05) is 0 Å². The Kier molecular flexibility index (Phi) is 0.774. The summed E-state index contributed by atoms with van der Waals surface area (Å²) in [4.78, 5) is 0. The quantitative estimate of drug-likeness (QED) is 0.504. The summed E-state index contributed by atoms with van der Waals surface area (Å²) < 4.78 is 0. The standard InChI is InChI=1S/C9H16/c1-8(2,3)6-9-4-7(9)5-9/h7H,4-6H2,1-3H3. The second-order valence-electron chi connectivity index (χ2n) is 5.20. The average molecular weight is 124 g/mol. The van der Waals surface area contributed by atoms with Crippen molar-refractivity contribution in [2.24, 2.45) is 16.7 Å². The van der Waals surface area contributed by atoms with Crippen molar-refractivity contribution >= 4 is 0 Å². The zero-order valence-electron chi connectivity index (χ0n) is 6.70. The van der Waals surface area contributed by atoms with Gasteiger partial charge in [0, 0.05) is 0 Å². The maximum absolute atomic E-state index is 2.36. The van der Waals surface area contributed by atoms with Gasteiger partial charge in [-0.15, -0.1) is 0 Å². The van der Waals surface area contributed by atoms with Crippen LogP contribution in [0, 0.1) is 16.7 Å². The van der Waals surface area contributed by atoms with Gasteiger partial charge in [0.25, 0.3) is 0 Å². The third kappa shape index (κ3) is 0.889. The summed E-state index contributed by atoms with van der Waals surface area (Å²) in [7, 11) is 0. The van der Waals surface area contributed by atoms with Crippen molar-refractivity contribution in [1.29, 1.82) is 0 Å². The second kappa shape index (κ2) is 1.21. The highest BCUT2D eigenvalue weighted by Gasteiger charge is 2.69. The summed E-state index contributed by atoms with van der Waals surface area (Å²) in [6, 6.07) is 0. The fraction of sp³-hybridized carbons (Fsp3) is 1.00.